The fraction of sp³-hybridized carbons (Fsp3) is 0.636. The lowest BCUT2D eigenvalue weighted by atomic mass is 9.87. The molecule has 0 saturated carbocycles. The zero-order valence-corrected chi connectivity index (χ0v) is 16.5. The van der Waals surface area contributed by atoms with Gasteiger partial charge in [0.05, 0.1) is 5.92 Å². The van der Waals surface area contributed by atoms with Gasteiger partial charge in [0.15, 0.2) is 0 Å². The van der Waals surface area contributed by atoms with Crippen LogP contribution < -0.4 is 0 Å². The highest BCUT2D eigenvalue weighted by atomic mass is 16.2. The van der Waals surface area contributed by atoms with Crippen molar-refractivity contribution in [2.24, 2.45) is 5.92 Å². The lowest BCUT2D eigenvalue weighted by Crippen LogP contribution is -2.49. The molecule has 0 bridgehead atoms. The summed E-state index contributed by atoms with van der Waals surface area (Å²) < 4.78 is 0. The van der Waals surface area contributed by atoms with Gasteiger partial charge in [-0.3, -0.25) is 9.59 Å². The van der Waals surface area contributed by atoms with Crippen LogP contribution in [0.2, 0.25) is 0 Å². The molecular formula is C22H31N3O2. The topological polar surface area (TPSA) is 43.9 Å². The fourth-order valence-electron chi connectivity index (χ4n) is 5.40. The van der Waals surface area contributed by atoms with Crippen molar-refractivity contribution in [2.75, 3.05) is 33.7 Å². The highest BCUT2D eigenvalue weighted by Gasteiger charge is 2.48. The van der Waals surface area contributed by atoms with Crippen LogP contribution in [0, 0.1) is 5.92 Å². The third kappa shape index (κ3) is 3.49. The van der Waals surface area contributed by atoms with Gasteiger partial charge in [0.1, 0.15) is 0 Å². The molecule has 3 aliphatic heterocycles. The van der Waals surface area contributed by atoms with E-state index in [1.54, 1.807) is 11.9 Å². The van der Waals surface area contributed by atoms with Gasteiger partial charge in [0.25, 0.3) is 0 Å². The van der Waals surface area contributed by atoms with Crippen LogP contribution in [0.15, 0.2) is 30.3 Å². The number of benzene rings is 1. The Morgan fingerprint density at radius 2 is 1.81 bits per heavy atom. The van der Waals surface area contributed by atoms with Crippen LogP contribution in [0.5, 0.6) is 0 Å². The van der Waals surface area contributed by atoms with Crippen LogP contribution in [0.4, 0.5) is 0 Å². The molecule has 0 radical (unpaired) electrons. The number of amides is 2. The molecule has 5 nitrogen and oxygen atoms in total. The minimum Gasteiger partial charge on any atom is -0.345 e. The van der Waals surface area contributed by atoms with Gasteiger partial charge < -0.3 is 14.7 Å². The van der Waals surface area contributed by atoms with E-state index in [0.717, 1.165) is 19.5 Å². The summed E-state index contributed by atoms with van der Waals surface area (Å²) in [6.45, 7) is 2.44. The van der Waals surface area contributed by atoms with E-state index in [4.69, 9.17) is 0 Å². The monoisotopic (exact) mass is 369 g/mol. The zero-order chi connectivity index (χ0) is 19.0. The van der Waals surface area contributed by atoms with Crippen molar-refractivity contribution in [3.63, 3.8) is 0 Å². The summed E-state index contributed by atoms with van der Waals surface area (Å²) in [4.78, 5) is 31.7. The molecule has 0 aliphatic carbocycles. The second-order valence-corrected chi connectivity index (χ2v) is 8.57. The van der Waals surface area contributed by atoms with Crippen molar-refractivity contribution in [3.05, 3.63) is 35.9 Å². The minimum atomic E-state index is -0.173. The Labute approximate surface area is 162 Å². The van der Waals surface area contributed by atoms with Crippen LogP contribution in [0.3, 0.4) is 0 Å². The van der Waals surface area contributed by atoms with Gasteiger partial charge in [-0.25, -0.2) is 0 Å². The van der Waals surface area contributed by atoms with Gasteiger partial charge in [0.2, 0.25) is 11.8 Å². The molecule has 0 N–H and O–H groups in total. The van der Waals surface area contributed by atoms with Crippen LogP contribution >= 0.6 is 0 Å². The van der Waals surface area contributed by atoms with Crippen LogP contribution in [0.1, 0.15) is 43.6 Å². The van der Waals surface area contributed by atoms with Gasteiger partial charge in [-0.2, -0.15) is 0 Å². The van der Waals surface area contributed by atoms with E-state index in [9.17, 15) is 9.59 Å². The first-order chi connectivity index (χ1) is 13.1. The Balaban J connectivity index is 1.63. The molecule has 0 spiro atoms. The maximum Gasteiger partial charge on any atom is 0.228 e. The number of carbonyl (C=O) groups excluding carboxylic acids is 2. The highest BCUT2D eigenvalue weighted by molar-refractivity contribution is 5.89. The van der Waals surface area contributed by atoms with E-state index in [2.05, 4.69) is 47.2 Å². The van der Waals surface area contributed by atoms with Crippen molar-refractivity contribution in [3.8, 4) is 0 Å². The number of fused-ring (bicyclic) bond motifs is 1. The molecular weight excluding hydrogens is 338 g/mol. The predicted octanol–water partition coefficient (Wildman–Crippen LogP) is 2.33. The fourth-order valence-corrected chi connectivity index (χ4v) is 5.40. The molecule has 3 heterocycles. The summed E-state index contributed by atoms with van der Waals surface area (Å²) in [7, 11) is 4.03. The summed E-state index contributed by atoms with van der Waals surface area (Å²) in [6, 6.07) is 11.3. The standard InChI is InChI=1S/C22H31N3O2/c1-23-12-8-4-7-11-19-21(23)18(16-9-5-3-6-10-16)15-25(19)22(27)17-13-20(26)24(2)14-17/h3,5-6,9-10,17-19,21H,4,7-8,11-15H2,1-2H3/t17-,18-,19+,21-/m0/s1. The van der Waals surface area contributed by atoms with E-state index in [1.807, 2.05) is 0 Å². The summed E-state index contributed by atoms with van der Waals surface area (Å²) in [5.74, 6) is 0.458. The minimum absolute atomic E-state index is 0.0958. The van der Waals surface area contributed by atoms with E-state index in [-0.39, 0.29) is 23.8 Å². The Kier molecular flexibility index (Phi) is 5.22. The van der Waals surface area contributed by atoms with Gasteiger partial charge in [-0.1, -0.05) is 43.2 Å². The Bertz CT molecular complexity index is 692. The zero-order valence-electron chi connectivity index (χ0n) is 16.5. The van der Waals surface area contributed by atoms with Crippen molar-refractivity contribution in [2.45, 2.75) is 50.1 Å². The van der Waals surface area contributed by atoms with Crippen LogP contribution in [-0.4, -0.2) is 72.3 Å². The molecule has 5 heteroatoms. The molecule has 1 aromatic carbocycles. The Morgan fingerprint density at radius 3 is 2.52 bits per heavy atom. The first-order valence-electron chi connectivity index (χ1n) is 10.4. The van der Waals surface area contributed by atoms with Gasteiger partial charge in [-0.15, -0.1) is 0 Å². The largest absolute Gasteiger partial charge is 0.345 e. The molecule has 0 unspecified atom stereocenters. The van der Waals surface area contributed by atoms with E-state index in [0.29, 0.717) is 24.9 Å². The molecule has 3 fully saturated rings. The molecule has 0 aromatic heterocycles. The van der Waals surface area contributed by atoms with E-state index in [1.165, 1.54) is 24.8 Å². The molecule has 1 aromatic rings. The third-order valence-corrected chi connectivity index (χ3v) is 6.82. The lowest BCUT2D eigenvalue weighted by Gasteiger charge is -2.37. The average Bonchev–Trinajstić information content (AvgIpc) is 3.20. The molecule has 3 saturated heterocycles. The van der Waals surface area contributed by atoms with E-state index >= 15 is 0 Å². The van der Waals surface area contributed by atoms with Gasteiger partial charge in [0, 0.05) is 44.6 Å². The number of rotatable bonds is 2. The van der Waals surface area contributed by atoms with Crippen LogP contribution in [-0.2, 0) is 9.59 Å². The summed E-state index contributed by atoms with van der Waals surface area (Å²) in [5.41, 5.74) is 1.33. The third-order valence-electron chi connectivity index (χ3n) is 6.82. The van der Waals surface area contributed by atoms with Crippen molar-refractivity contribution in [1.29, 1.82) is 0 Å². The quantitative estimate of drug-likeness (QED) is 0.804. The van der Waals surface area contributed by atoms with Crippen LogP contribution in [0.25, 0.3) is 0 Å². The number of hydrogen-bond acceptors (Lipinski definition) is 3. The maximum absolute atomic E-state index is 13.4. The number of nitrogens with zero attached hydrogens (tertiary/aromatic N) is 3. The van der Waals surface area contributed by atoms with Gasteiger partial charge >= 0.3 is 0 Å². The molecule has 3 aliphatic rings. The number of hydrogen-bond donors (Lipinski definition) is 0. The first-order valence-corrected chi connectivity index (χ1v) is 10.4. The smallest absolute Gasteiger partial charge is 0.228 e. The second kappa shape index (κ2) is 7.63. The summed E-state index contributed by atoms with van der Waals surface area (Å²) >= 11 is 0. The normalized spacial score (nSPS) is 32.3. The van der Waals surface area contributed by atoms with Crippen molar-refractivity contribution < 1.29 is 9.59 Å². The molecule has 4 atom stereocenters. The second-order valence-electron chi connectivity index (χ2n) is 8.57. The summed E-state index contributed by atoms with van der Waals surface area (Å²) in [5, 5.41) is 0. The van der Waals surface area contributed by atoms with Gasteiger partial charge in [-0.05, 0) is 32.0 Å². The highest BCUT2D eigenvalue weighted by Crippen LogP contribution is 2.39. The maximum atomic E-state index is 13.4. The average molecular weight is 370 g/mol. The number of likely N-dealkylation sites (tertiary alicyclic amines) is 3. The summed E-state index contributed by atoms with van der Waals surface area (Å²) in [6.07, 6.45) is 5.09. The van der Waals surface area contributed by atoms with Crippen molar-refractivity contribution >= 4 is 11.8 Å². The molecule has 4 rings (SSSR count). The number of likely N-dealkylation sites (N-methyl/N-ethyl adjacent to an activating group) is 1. The Morgan fingerprint density at radius 1 is 1.04 bits per heavy atom. The predicted molar refractivity (Wildman–Crippen MR) is 105 cm³/mol. The van der Waals surface area contributed by atoms with E-state index < -0.39 is 0 Å². The first kappa shape index (κ1) is 18.5. The molecule has 146 valence electrons. The molecule has 27 heavy (non-hydrogen) atoms. The number of carbonyl (C=O) groups is 2. The molecule has 2 amide bonds. The lowest BCUT2D eigenvalue weighted by molar-refractivity contribution is -0.137. The van der Waals surface area contributed by atoms with Crippen molar-refractivity contribution in [1.82, 2.24) is 14.7 Å². The Hall–Kier alpha value is -1.88. The SMILES string of the molecule is CN1C[C@@H](C(=O)N2C[C@@H](c3ccccc3)[C@H]3[C@H]2CCCCCN3C)CC1=O.